The van der Waals surface area contributed by atoms with Crippen molar-refractivity contribution < 1.29 is 0 Å². The lowest BCUT2D eigenvalue weighted by Crippen LogP contribution is -2.00. The average molecular weight is 713 g/mol. The Bertz CT molecular complexity index is 3170. The van der Waals surface area contributed by atoms with Crippen LogP contribution in [0.5, 0.6) is 0 Å². The zero-order chi connectivity index (χ0) is 37.0. The van der Waals surface area contributed by atoms with Gasteiger partial charge >= 0.3 is 0 Å². The van der Waals surface area contributed by atoms with Crippen LogP contribution in [0.3, 0.4) is 0 Å². The van der Waals surface area contributed by atoms with Gasteiger partial charge in [0.1, 0.15) is 0 Å². The molecule has 11 aromatic rings. The summed E-state index contributed by atoms with van der Waals surface area (Å²) in [6.45, 7) is 0. The molecule has 2 nitrogen and oxygen atoms in total. The minimum absolute atomic E-state index is 1.13. The van der Waals surface area contributed by atoms with Gasteiger partial charge in [-0.2, -0.15) is 0 Å². The van der Waals surface area contributed by atoms with Gasteiger partial charge in [-0.1, -0.05) is 170 Å². The molecule has 0 unspecified atom stereocenters. The molecule has 0 spiro atoms. The first-order valence-electron chi connectivity index (χ1n) is 19.3. The van der Waals surface area contributed by atoms with Crippen molar-refractivity contribution in [2.45, 2.75) is 0 Å². The molecule has 0 amide bonds. The summed E-state index contributed by atoms with van der Waals surface area (Å²) in [5.74, 6) is 0. The molecule has 56 heavy (non-hydrogen) atoms. The van der Waals surface area contributed by atoms with Crippen molar-refractivity contribution in [2.75, 3.05) is 0 Å². The molecule has 2 heterocycles. The molecule has 0 N–H and O–H groups in total. The molecule has 0 bridgehead atoms. The van der Waals surface area contributed by atoms with Crippen molar-refractivity contribution in [3.8, 4) is 55.9 Å². The second-order valence-electron chi connectivity index (χ2n) is 14.6. The maximum Gasteiger partial charge on any atom is 0.0788 e. The zero-order valence-electron chi connectivity index (χ0n) is 30.7. The van der Waals surface area contributed by atoms with E-state index in [0.717, 1.165) is 11.4 Å². The monoisotopic (exact) mass is 712 g/mol. The van der Waals surface area contributed by atoms with Gasteiger partial charge in [0.05, 0.1) is 22.1 Å². The van der Waals surface area contributed by atoms with Gasteiger partial charge in [0.15, 0.2) is 0 Å². The highest BCUT2D eigenvalue weighted by atomic mass is 15.0. The van der Waals surface area contributed by atoms with E-state index in [4.69, 9.17) is 0 Å². The normalized spacial score (nSPS) is 11.6. The number of hydrogen-bond acceptors (Lipinski definition) is 0. The summed E-state index contributed by atoms with van der Waals surface area (Å²) in [6, 6.07) is 79.5. The van der Waals surface area contributed by atoms with Crippen LogP contribution in [0.4, 0.5) is 0 Å². The number of nitrogens with zero attached hydrogens (tertiary/aromatic N) is 2. The van der Waals surface area contributed by atoms with Gasteiger partial charge in [0, 0.05) is 32.9 Å². The smallest absolute Gasteiger partial charge is 0.0788 e. The van der Waals surface area contributed by atoms with Crippen LogP contribution in [-0.2, 0) is 0 Å². The van der Waals surface area contributed by atoms with Crippen LogP contribution in [0, 0.1) is 0 Å². The summed E-state index contributed by atoms with van der Waals surface area (Å²) in [5, 5.41) is 4.94. The van der Waals surface area contributed by atoms with E-state index in [-0.39, 0.29) is 0 Å². The van der Waals surface area contributed by atoms with Gasteiger partial charge in [0.25, 0.3) is 0 Å². The summed E-state index contributed by atoms with van der Waals surface area (Å²) in [7, 11) is 0. The topological polar surface area (TPSA) is 9.86 Å². The van der Waals surface area contributed by atoms with Gasteiger partial charge in [0.2, 0.25) is 0 Å². The molecule has 2 aromatic heterocycles. The summed E-state index contributed by atoms with van der Waals surface area (Å²) in [4.78, 5) is 0. The second kappa shape index (κ2) is 13.2. The van der Waals surface area contributed by atoms with Crippen molar-refractivity contribution in [2.24, 2.45) is 0 Å². The maximum absolute atomic E-state index is 2.51. The van der Waals surface area contributed by atoms with Crippen LogP contribution in [0.2, 0.25) is 0 Å². The highest BCUT2D eigenvalue weighted by Gasteiger charge is 2.22. The largest absolute Gasteiger partial charge is 0.307 e. The average Bonchev–Trinajstić information content (AvgIpc) is 3.80. The molecule has 0 radical (unpaired) electrons. The van der Waals surface area contributed by atoms with Crippen LogP contribution in [0.25, 0.3) is 99.5 Å². The van der Waals surface area contributed by atoms with E-state index in [1.807, 2.05) is 0 Å². The fourth-order valence-corrected chi connectivity index (χ4v) is 8.71. The fourth-order valence-electron chi connectivity index (χ4n) is 8.71. The van der Waals surface area contributed by atoms with E-state index in [9.17, 15) is 0 Å². The molecule has 262 valence electrons. The lowest BCUT2D eigenvalue weighted by atomic mass is 9.98. The first-order chi connectivity index (χ1) is 27.8. The Morgan fingerprint density at radius 1 is 0.214 bits per heavy atom. The first-order valence-corrected chi connectivity index (χ1v) is 19.3. The predicted molar refractivity (Wildman–Crippen MR) is 237 cm³/mol. The maximum atomic E-state index is 2.51. The summed E-state index contributed by atoms with van der Waals surface area (Å²) < 4.78 is 5.00. The molecular weight excluding hydrogens is 677 g/mol. The SMILES string of the molecule is c1ccc(-c2cccc(-c3cccc(-n4c5ccccc5c5ccc6c7ccccc7n(-c7cc(-c8ccccc8)cc(-c8ccccc8)c7)c6c54)c3)c2)cc1. The molecule has 2 heteroatoms. The summed E-state index contributed by atoms with van der Waals surface area (Å²) in [6.07, 6.45) is 0. The highest BCUT2D eigenvalue weighted by molar-refractivity contribution is 6.24. The Morgan fingerprint density at radius 3 is 1.11 bits per heavy atom. The number of fused-ring (bicyclic) bond motifs is 7. The van der Waals surface area contributed by atoms with Gasteiger partial charge < -0.3 is 9.13 Å². The number of benzene rings is 9. The van der Waals surface area contributed by atoms with E-state index in [2.05, 4.69) is 228 Å². The molecule has 0 saturated carbocycles. The molecule has 0 atom stereocenters. The number of rotatable bonds is 6. The molecule has 0 fully saturated rings. The van der Waals surface area contributed by atoms with Crippen LogP contribution < -0.4 is 0 Å². The standard InChI is InChI=1S/C54H36N2/c1-4-16-37(17-5-1)40-22-14-23-41(32-40)42-24-15-25-45(34-42)55-51-28-12-10-26-47(51)49-30-31-50-48-27-11-13-29-52(48)56(54(50)53(49)55)46-35-43(38-18-6-2-7-19-38)33-44(36-46)39-20-8-3-9-21-39/h1-36H. The van der Waals surface area contributed by atoms with Crippen LogP contribution >= 0.6 is 0 Å². The summed E-state index contributed by atoms with van der Waals surface area (Å²) in [5.41, 5.74) is 16.6. The lowest BCUT2D eigenvalue weighted by molar-refractivity contribution is 1.15. The minimum Gasteiger partial charge on any atom is -0.307 e. The molecular formula is C54H36N2. The van der Waals surface area contributed by atoms with Crippen molar-refractivity contribution >= 4 is 43.6 Å². The molecule has 0 aliphatic heterocycles. The Hall–Kier alpha value is -7.42. The molecule has 0 aliphatic rings. The van der Waals surface area contributed by atoms with Gasteiger partial charge in [-0.25, -0.2) is 0 Å². The van der Waals surface area contributed by atoms with Crippen molar-refractivity contribution in [3.05, 3.63) is 218 Å². The lowest BCUT2D eigenvalue weighted by Gasteiger charge is -2.16. The van der Waals surface area contributed by atoms with Crippen molar-refractivity contribution in [1.29, 1.82) is 0 Å². The Kier molecular flexibility index (Phi) is 7.53. The zero-order valence-corrected chi connectivity index (χ0v) is 30.7. The van der Waals surface area contributed by atoms with E-state index < -0.39 is 0 Å². The molecule has 0 aliphatic carbocycles. The van der Waals surface area contributed by atoms with Gasteiger partial charge in [-0.3, -0.25) is 0 Å². The van der Waals surface area contributed by atoms with Crippen LogP contribution in [-0.4, -0.2) is 9.13 Å². The molecule has 9 aromatic carbocycles. The third-order valence-electron chi connectivity index (χ3n) is 11.3. The van der Waals surface area contributed by atoms with Crippen molar-refractivity contribution in [1.82, 2.24) is 9.13 Å². The van der Waals surface area contributed by atoms with Gasteiger partial charge in [-0.15, -0.1) is 0 Å². The second-order valence-corrected chi connectivity index (χ2v) is 14.6. The summed E-state index contributed by atoms with van der Waals surface area (Å²) >= 11 is 0. The minimum atomic E-state index is 1.13. The van der Waals surface area contributed by atoms with E-state index >= 15 is 0 Å². The fraction of sp³-hybridized carbons (Fsp3) is 0. The molecule has 11 rings (SSSR count). The van der Waals surface area contributed by atoms with E-state index in [1.165, 1.54) is 88.1 Å². The Labute approximate surface area is 325 Å². The Balaban J connectivity index is 1.22. The van der Waals surface area contributed by atoms with Crippen LogP contribution in [0.15, 0.2) is 218 Å². The first kappa shape index (κ1) is 32.0. The van der Waals surface area contributed by atoms with Crippen molar-refractivity contribution in [3.63, 3.8) is 0 Å². The van der Waals surface area contributed by atoms with E-state index in [0.29, 0.717) is 0 Å². The Morgan fingerprint density at radius 2 is 0.571 bits per heavy atom. The van der Waals surface area contributed by atoms with E-state index in [1.54, 1.807) is 0 Å². The number of para-hydroxylation sites is 2. The highest BCUT2D eigenvalue weighted by Crippen LogP contribution is 2.43. The third kappa shape index (κ3) is 5.26. The van der Waals surface area contributed by atoms with Gasteiger partial charge in [-0.05, 0) is 93.0 Å². The number of aromatic nitrogens is 2. The predicted octanol–water partition coefficient (Wildman–Crippen LogP) is 14.5. The number of hydrogen-bond donors (Lipinski definition) is 0. The third-order valence-corrected chi connectivity index (χ3v) is 11.3. The quantitative estimate of drug-likeness (QED) is 0.162. The molecule has 0 saturated heterocycles. The van der Waals surface area contributed by atoms with Crippen LogP contribution in [0.1, 0.15) is 0 Å².